The van der Waals surface area contributed by atoms with Crippen LogP contribution in [0.15, 0.2) is 17.2 Å². The number of hydrogen-bond acceptors (Lipinski definition) is 5. The van der Waals surface area contributed by atoms with Gasteiger partial charge in [0.05, 0.1) is 11.7 Å². The average Bonchev–Trinajstić information content (AvgIpc) is 2.93. The van der Waals surface area contributed by atoms with Crippen LogP contribution in [0.1, 0.15) is 43.4 Å². The van der Waals surface area contributed by atoms with Crippen LogP contribution in [0.4, 0.5) is 0 Å². The molecule has 8 heteroatoms. The molecule has 8 nitrogen and oxygen atoms in total. The van der Waals surface area contributed by atoms with Gasteiger partial charge in [0.25, 0.3) is 5.56 Å². The molecule has 0 aromatic carbocycles. The molecule has 0 spiro atoms. The molecule has 0 aliphatic heterocycles. The number of aryl methyl sites for hydroxylation is 3. The summed E-state index contributed by atoms with van der Waals surface area (Å²) in [6.45, 7) is 8.13. The molecule has 0 saturated carbocycles. The summed E-state index contributed by atoms with van der Waals surface area (Å²) in [5.41, 5.74) is 1.26. The highest BCUT2D eigenvalue weighted by molar-refractivity contribution is 5.75. The summed E-state index contributed by atoms with van der Waals surface area (Å²) >= 11 is 0. The maximum Gasteiger partial charge on any atom is 0.267 e. The lowest BCUT2D eigenvalue weighted by Crippen LogP contribution is -2.36. The Hall–Kier alpha value is -2.51. The van der Waals surface area contributed by atoms with E-state index in [1.165, 1.54) is 17.1 Å². The second-order valence-corrected chi connectivity index (χ2v) is 5.54. The third-order valence-corrected chi connectivity index (χ3v) is 3.57. The Balaban J connectivity index is 2.06. The normalized spacial score (nSPS) is 12.2. The van der Waals surface area contributed by atoms with Gasteiger partial charge in [0.1, 0.15) is 18.7 Å². The largest absolute Gasteiger partial charge is 0.345 e. The average molecular weight is 318 g/mol. The van der Waals surface area contributed by atoms with Crippen molar-refractivity contribution in [3.05, 3.63) is 39.8 Å². The van der Waals surface area contributed by atoms with E-state index in [0.717, 1.165) is 24.2 Å². The zero-order valence-electron chi connectivity index (χ0n) is 13.9. The number of hydrogen-bond donors (Lipinski definition) is 1. The molecule has 0 fully saturated rings. The molecular weight excluding hydrogens is 296 g/mol. The van der Waals surface area contributed by atoms with Gasteiger partial charge in [0.15, 0.2) is 0 Å². The lowest BCUT2D eigenvalue weighted by atomic mass is 10.2. The molecule has 0 bridgehead atoms. The van der Waals surface area contributed by atoms with Crippen LogP contribution in [-0.4, -0.2) is 30.5 Å². The van der Waals surface area contributed by atoms with Crippen molar-refractivity contribution in [1.82, 2.24) is 29.9 Å². The van der Waals surface area contributed by atoms with E-state index in [9.17, 15) is 9.59 Å². The highest BCUT2D eigenvalue weighted by Crippen LogP contribution is 2.08. The monoisotopic (exact) mass is 318 g/mol. The van der Waals surface area contributed by atoms with Crippen LogP contribution in [0.5, 0.6) is 0 Å². The van der Waals surface area contributed by atoms with Gasteiger partial charge < -0.3 is 5.32 Å². The fourth-order valence-electron chi connectivity index (χ4n) is 2.27. The van der Waals surface area contributed by atoms with Gasteiger partial charge in [-0.1, -0.05) is 6.92 Å². The highest BCUT2D eigenvalue weighted by Gasteiger charge is 2.16. The molecule has 0 aliphatic carbocycles. The number of carbonyl (C=O) groups is 1. The van der Waals surface area contributed by atoms with Crippen molar-refractivity contribution in [2.24, 2.45) is 0 Å². The Bertz CT molecular complexity index is 749. The molecular formula is C15H22N6O2. The molecule has 1 atom stereocenters. The predicted molar refractivity (Wildman–Crippen MR) is 84.8 cm³/mol. The van der Waals surface area contributed by atoms with E-state index in [-0.39, 0.29) is 24.1 Å². The smallest absolute Gasteiger partial charge is 0.267 e. The first-order valence-electron chi connectivity index (χ1n) is 7.64. The molecule has 124 valence electrons. The standard InChI is InChI=1S/C15H22N6O2/c1-5-6-20-15(16-9-17-20)12(4)18-13(22)8-21-14(23)7-10(2)11(3)19-21/h7,9,12H,5-6,8H2,1-4H3,(H,18,22)/t12-/m0/s1. The Morgan fingerprint density at radius 3 is 2.78 bits per heavy atom. The van der Waals surface area contributed by atoms with Crippen LogP contribution in [0, 0.1) is 13.8 Å². The molecule has 23 heavy (non-hydrogen) atoms. The Labute approximate surface area is 134 Å². The van der Waals surface area contributed by atoms with E-state index >= 15 is 0 Å². The molecule has 0 radical (unpaired) electrons. The highest BCUT2D eigenvalue weighted by atomic mass is 16.2. The number of carbonyl (C=O) groups excluding carboxylic acids is 1. The third-order valence-electron chi connectivity index (χ3n) is 3.57. The Morgan fingerprint density at radius 1 is 1.35 bits per heavy atom. The van der Waals surface area contributed by atoms with E-state index < -0.39 is 0 Å². The van der Waals surface area contributed by atoms with Gasteiger partial charge in [0, 0.05) is 12.6 Å². The van der Waals surface area contributed by atoms with Gasteiger partial charge in [0.2, 0.25) is 5.91 Å². The molecule has 0 aliphatic rings. The molecule has 2 rings (SSSR count). The topological polar surface area (TPSA) is 94.7 Å². The van der Waals surface area contributed by atoms with Crippen molar-refractivity contribution in [3.8, 4) is 0 Å². The summed E-state index contributed by atoms with van der Waals surface area (Å²) in [5.74, 6) is 0.405. The van der Waals surface area contributed by atoms with Crippen LogP contribution in [0.25, 0.3) is 0 Å². The van der Waals surface area contributed by atoms with Crippen LogP contribution < -0.4 is 10.9 Å². The minimum Gasteiger partial charge on any atom is -0.345 e. The van der Waals surface area contributed by atoms with Gasteiger partial charge in [-0.3, -0.25) is 9.59 Å². The van der Waals surface area contributed by atoms with Crippen molar-refractivity contribution in [3.63, 3.8) is 0 Å². The van der Waals surface area contributed by atoms with E-state index in [1.807, 2.05) is 20.8 Å². The summed E-state index contributed by atoms with van der Waals surface area (Å²) in [5, 5.41) is 11.1. The maximum atomic E-state index is 12.2. The van der Waals surface area contributed by atoms with Crippen molar-refractivity contribution in [2.45, 2.75) is 53.2 Å². The Kier molecular flexibility index (Phi) is 5.25. The first kappa shape index (κ1) is 16.9. The van der Waals surface area contributed by atoms with Crippen LogP contribution in [0.2, 0.25) is 0 Å². The summed E-state index contributed by atoms with van der Waals surface area (Å²) < 4.78 is 2.94. The SMILES string of the molecule is CCCn1ncnc1[C@H](C)NC(=O)Cn1nc(C)c(C)cc1=O. The summed E-state index contributed by atoms with van der Waals surface area (Å²) in [4.78, 5) is 28.2. The van der Waals surface area contributed by atoms with E-state index in [1.54, 1.807) is 11.6 Å². The predicted octanol–water partition coefficient (Wildman–Crippen LogP) is 0.739. The maximum absolute atomic E-state index is 12.2. The third kappa shape index (κ3) is 4.02. The lowest BCUT2D eigenvalue weighted by molar-refractivity contribution is -0.122. The van der Waals surface area contributed by atoms with Crippen molar-refractivity contribution in [1.29, 1.82) is 0 Å². The van der Waals surface area contributed by atoms with Gasteiger partial charge in [-0.15, -0.1) is 0 Å². The number of amides is 1. The minimum absolute atomic E-state index is 0.119. The second-order valence-electron chi connectivity index (χ2n) is 5.54. The van der Waals surface area contributed by atoms with Crippen molar-refractivity contribution >= 4 is 5.91 Å². The summed E-state index contributed by atoms with van der Waals surface area (Å²) in [6.07, 6.45) is 2.40. The molecule has 2 aromatic rings. The minimum atomic E-state index is -0.293. The Morgan fingerprint density at radius 2 is 2.09 bits per heavy atom. The van der Waals surface area contributed by atoms with Gasteiger partial charge in [-0.2, -0.15) is 10.2 Å². The zero-order chi connectivity index (χ0) is 17.0. The molecule has 1 N–H and O–H groups in total. The van der Waals surface area contributed by atoms with Crippen LogP contribution >= 0.6 is 0 Å². The number of nitrogens with zero attached hydrogens (tertiary/aromatic N) is 5. The quantitative estimate of drug-likeness (QED) is 0.847. The van der Waals surface area contributed by atoms with E-state index in [2.05, 4.69) is 20.5 Å². The van der Waals surface area contributed by atoms with E-state index in [4.69, 9.17) is 0 Å². The lowest BCUT2D eigenvalue weighted by Gasteiger charge is -2.15. The number of aromatic nitrogens is 5. The van der Waals surface area contributed by atoms with Crippen LogP contribution in [0.3, 0.4) is 0 Å². The fourth-order valence-corrected chi connectivity index (χ4v) is 2.27. The molecule has 2 heterocycles. The van der Waals surface area contributed by atoms with Crippen molar-refractivity contribution < 1.29 is 4.79 Å². The van der Waals surface area contributed by atoms with E-state index in [0.29, 0.717) is 5.82 Å². The summed E-state index contributed by atoms with van der Waals surface area (Å²) in [6, 6.07) is 1.19. The first-order chi connectivity index (χ1) is 10.9. The zero-order valence-corrected chi connectivity index (χ0v) is 13.9. The van der Waals surface area contributed by atoms with Gasteiger partial charge in [-0.25, -0.2) is 14.3 Å². The second kappa shape index (κ2) is 7.17. The fraction of sp³-hybridized carbons (Fsp3) is 0.533. The van der Waals surface area contributed by atoms with Crippen LogP contribution in [-0.2, 0) is 17.9 Å². The molecule has 2 aromatic heterocycles. The van der Waals surface area contributed by atoms with Gasteiger partial charge in [-0.05, 0) is 32.8 Å². The summed E-state index contributed by atoms with van der Waals surface area (Å²) in [7, 11) is 0. The number of rotatable bonds is 6. The molecule has 0 unspecified atom stereocenters. The number of nitrogens with one attached hydrogen (secondary N) is 1. The first-order valence-corrected chi connectivity index (χ1v) is 7.64. The molecule has 1 amide bonds. The van der Waals surface area contributed by atoms with Crippen molar-refractivity contribution in [2.75, 3.05) is 0 Å². The van der Waals surface area contributed by atoms with Gasteiger partial charge >= 0.3 is 0 Å². The molecule has 0 saturated heterocycles.